The molecule has 0 atom stereocenters. The molecule has 0 fully saturated rings. The van der Waals surface area contributed by atoms with E-state index in [1.54, 1.807) is 0 Å². The lowest BCUT2D eigenvalue weighted by molar-refractivity contribution is 0.0864. The predicted molar refractivity (Wildman–Crippen MR) is 99.2 cm³/mol. The minimum atomic E-state index is -0.659. The van der Waals surface area contributed by atoms with Crippen molar-refractivity contribution in [2.45, 2.75) is 0 Å². The maximum atomic E-state index is 13.1. The van der Waals surface area contributed by atoms with Crippen LogP contribution in [0.1, 0.15) is 41.4 Å². The Balaban J connectivity index is 1.63. The second kappa shape index (κ2) is 5.47. The number of hydrogen-bond acceptors (Lipinski definition) is 8. The van der Waals surface area contributed by atoms with Gasteiger partial charge in [0.15, 0.2) is 0 Å². The fraction of sp³-hybridized carbons (Fsp3) is 0. The summed E-state index contributed by atoms with van der Waals surface area (Å²) in [4.78, 5) is 61.6. The van der Waals surface area contributed by atoms with E-state index in [1.807, 2.05) is 0 Å². The van der Waals surface area contributed by atoms with Crippen LogP contribution in [0.3, 0.4) is 0 Å². The van der Waals surface area contributed by atoms with Crippen molar-refractivity contribution in [1.29, 1.82) is 0 Å². The first kappa shape index (κ1) is 16.4. The van der Waals surface area contributed by atoms with E-state index in [0.29, 0.717) is 0 Å². The summed E-state index contributed by atoms with van der Waals surface area (Å²) >= 11 is 0. The molecule has 2 aliphatic rings. The van der Waals surface area contributed by atoms with Gasteiger partial charge in [-0.05, 0) is 24.3 Å². The Morgan fingerprint density at radius 3 is 1.17 bits per heavy atom. The summed E-state index contributed by atoms with van der Waals surface area (Å²) in [7, 11) is 0. The van der Waals surface area contributed by atoms with Crippen LogP contribution in [0.15, 0.2) is 58.0 Å². The van der Waals surface area contributed by atoms with Crippen molar-refractivity contribution in [3.63, 3.8) is 0 Å². The summed E-state index contributed by atoms with van der Waals surface area (Å²) in [6, 6.07) is 5.44. The Morgan fingerprint density at radius 2 is 0.900 bits per heavy atom. The van der Waals surface area contributed by atoms with E-state index in [0.717, 1.165) is 9.80 Å². The molecule has 2 aliphatic heterocycles. The number of hydrogen-bond donors (Lipinski definition) is 0. The van der Waals surface area contributed by atoms with Gasteiger partial charge < -0.3 is 8.83 Å². The number of nitrogens with zero attached hydrogens (tertiary/aromatic N) is 4. The minimum Gasteiger partial charge on any atom is -0.431 e. The number of oxazole rings is 2. The van der Waals surface area contributed by atoms with Gasteiger partial charge in [-0.25, -0.2) is 9.97 Å². The van der Waals surface area contributed by atoms with Gasteiger partial charge in [0.05, 0.1) is 12.4 Å². The molecule has 2 aromatic heterocycles. The van der Waals surface area contributed by atoms with E-state index in [4.69, 9.17) is 8.83 Å². The van der Waals surface area contributed by atoms with Crippen LogP contribution < -0.4 is 9.80 Å². The Hall–Kier alpha value is -4.60. The average molecular weight is 400 g/mol. The van der Waals surface area contributed by atoms with Crippen LogP contribution in [0, 0.1) is 0 Å². The number of amides is 4. The quantitative estimate of drug-likeness (QED) is 0.470. The van der Waals surface area contributed by atoms with Crippen molar-refractivity contribution in [1.82, 2.24) is 9.97 Å². The highest BCUT2D eigenvalue weighted by atomic mass is 16.4. The zero-order valence-corrected chi connectivity index (χ0v) is 14.9. The number of benzene rings is 2. The SMILES string of the molecule is O=C1c2ccc3c4c(ccc(c24)C(=O)N1c1ncco1)C(=O)N(c1ncco1)C3=O. The molecule has 144 valence electrons. The molecule has 0 spiro atoms. The topological polar surface area (TPSA) is 127 Å². The number of imide groups is 2. The third kappa shape index (κ3) is 1.86. The molecule has 2 aromatic carbocycles. The first-order valence-electron chi connectivity index (χ1n) is 8.74. The minimum absolute atomic E-state index is 0.161. The van der Waals surface area contributed by atoms with E-state index in [1.165, 1.54) is 49.2 Å². The maximum absolute atomic E-state index is 13.1. The average Bonchev–Trinajstić information content (AvgIpc) is 3.45. The van der Waals surface area contributed by atoms with Gasteiger partial charge in [0, 0.05) is 33.0 Å². The van der Waals surface area contributed by atoms with Gasteiger partial charge in [0.2, 0.25) is 0 Å². The van der Waals surface area contributed by atoms with Crippen LogP contribution in [0.5, 0.6) is 0 Å². The van der Waals surface area contributed by atoms with E-state index in [-0.39, 0.29) is 45.1 Å². The molecule has 0 N–H and O–H groups in total. The molecular weight excluding hydrogens is 392 g/mol. The monoisotopic (exact) mass is 400 g/mol. The molecule has 0 bridgehead atoms. The van der Waals surface area contributed by atoms with Gasteiger partial charge in [-0.1, -0.05) is 0 Å². The molecule has 0 aliphatic carbocycles. The fourth-order valence-corrected chi connectivity index (χ4v) is 3.87. The summed E-state index contributed by atoms with van der Waals surface area (Å²) in [6.07, 6.45) is 5.14. The Labute approximate surface area is 166 Å². The van der Waals surface area contributed by atoms with E-state index in [9.17, 15) is 19.2 Å². The first-order chi connectivity index (χ1) is 14.6. The van der Waals surface area contributed by atoms with Crippen LogP contribution in [-0.2, 0) is 0 Å². The molecule has 4 aromatic rings. The highest BCUT2D eigenvalue weighted by Gasteiger charge is 2.42. The molecule has 10 heteroatoms. The summed E-state index contributed by atoms with van der Waals surface area (Å²) in [5.74, 6) is -2.63. The summed E-state index contributed by atoms with van der Waals surface area (Å²) < 4.78 is 10.3. The zero-order chi connectivity index (χ0) is 20.6. The summed E-state index contributed by atoms with van der Waals surface area (Å²) in [5, 5.41) is 0.494. The number of anilines is 2. The van der Waals surface area contributed by atoms with Crippen LogP contribution in [-0.4, -0.2) is 33.6 Å². The Kier molecular flexibility index (Phi) is 2.99. The third-order valence-electron chi connectivity index (χ3n) is 5.12. The van der Waals surface area contributed by atoms with Crippen LogP contribution >= 0.6 is 0 Å². The Bertz CT molecular complexity index is 1240. The number of aromatic nitrogens is 2. The van der Waals surface area contributed by atoms with Gasteiger partial charge in [0.1, 0.15) is 12.5 Å². The van der Waals surface area contributed by atoms with E-state index in [2.05, 4.69) is 9.97 Å². The predicted octanol–water partition coefficient (Wildman–Crippen LogP) is 2.42. The van der Waals surface area contributed by atoms with E-state index >= 15 is 0 Å². The van der Waals surface area contributed by atoms with Gasteiger partial charge in [-0.3, -0.25) is 19.2 Å². The maximum Gasteiger partial charge on any atom is 0.311 e. The smallest absolute Gasteiger partial charge is 0.311 e. The second-order valence-electron chi connectivity index (χ2n) is 6.59. The fourth-order valence-electron chi connectivity index (χ4n) is 3.87. The van der Waals surface area contributed by atoms with Crippen molar-refractivity contribution >= 4 is 46.4 Å². The second-order valence-corrected chi connectivity index (χ2v) is 6.59. The highest BCUT2D eigenvalue weighted by Crippen LogP contribution is 2.39. The van der Waals surface area contributed by atoms with Gasteiger partial charge in [0.25, 0.3) is 23.6 Å². The molecule has 6 rings (SSSR count). The van der Waals surface area contributed by atoms with Crippen molar-refractivity contribution in [3.05, 3.63) is 71.4 Å². The molecule has 0 radical (unpaired) electrons. The molecule has 0 saturated carbocycles. The van der Waals surface area contributed by atoms with Crippen LogP contribution in [0.25, 0.3) is 10.8 Å². The molecule has 0 saturated heterocycles. The van der Waals surface area contributed by atoms with E-state index < -0.39 is 23.6 Å². The lowest BCUT2D eigenvalue weighted by Gasteiger charge is -2.29. The molecule has 4 heterocycles. The van der Waals surface area contributed by atoms with Gasteiger partial charge in [-0.2, -0.15) is 9.80 Å². The third-order valence-corrected chi connectivity index (χ3v) is 5.12. The van der Waals surface area contributed by atoms with Crippen molar-refractivity contribution in [2.75, 3.05) is 9.80 Å². The van der Waals surface area contributed by atoms with Gasteiger partial charge in [-0.15, -0.1) is 0 Å². The summed E-state index contributed by atoms with van der Waals surface area (Å²) in [6.45, 7) is 0. The molecule has 0 unspecified atom stereocenters. The molecule has 4 amide bonds. The number of carbonyl (C=O) groups is 4. The zero-order valence-electron chi connectivity index (χ0n) is 14.9. The number of rotatable bonds is 2. The molecule has 30 heavy (non-hydrogen) atoms. The molecular formula is C20H8N4O6. The Morgan fingerprint density at radius 1 is 0.567 bits per heavy atom. The van der Waals surface area contributed by atoms with Crippen LogP contribution in [0.4, 0.5) is 12.0 Å². The van der Waals surface area contributed by atoms with Crippen molar-refractivity contribution < 1.29 is 28.0 Å². The highest BCUT2D eigenvalue weighted by molar-refractivity contribution is 6.41. The normalized spacial score (nSPS) is 15.5. The van der Waals surface area contributed by atoms with Crippen molar-refractivity contribution in [3.8, 4) is 0 Å². The van der Waals surface area contributed by atoms with Crippen LogP contribution in [0.2, 0.25) is 0 Å². The lowest BCUT2D eigenvalue weighted by Crippen LogP contribution is -2.43. The largest absolute Gasteiger partial charge is 0.431 e. The van der Waals surface area contributed by atoms with Gasteiger partial charge >= 0.3 is 12.0 Å². The molecule has 10 nitrogen and oxygen atoms in total. The number of carbonyl (C=O) groups excluding carboxylic acids is 4. The first-order valence-corrected chi connectivity index (χ1v) is 8.74. The summed E-state index contributed by atoms with van der Waals surface area (Å²) in [5.41, 5.74) is 0.643. The lowest BCUT2D eigenvalue weighted by atomic mass is 9.86. The van der Waals surface area contributed by atoms with Crippen molar-refractivity contribution in [2.24, 2.45) is 0 Å². The standard InChI is InChI=1S/C20H8N4O6/c25-15-9-1-2-10-14-12(18(28)24(16(10)26)20-22-6-8-30-20)4-3-11(13(9)14)17(27)23(15)19-21-5-7-29-19/h1-8H.